The summed E-state index contributed by atoms with van der Waals surface area (Å²) in [6.07, 6.45) is 3.91. The van der Waals surface area contributed by atoms with Crippen molar-refractivity contribution in [3.63, 3.8) is 0 Å². The second-order valence-electron chi connectivity index (χ2n) is 8.32. The maximum absolute atomic E-state index is 12.5. The molecule has 1 amide bonds. The molecule has 3 aromatic rings. The van der Waals surface area contributed by atoms with Gasteiger partial charge in [-0.1, -0.05) is 54.4 Å². The van der Waals surface area contributed by atoms with E-state index in [1.807, 2.05) is 43.3 Å². The molecule has 1 fully saturated rings. The van der Waals surface area contributed by atoms with Crippen LogP contribution in [0.2, 0.25) is 0 Å². The van der Waals surface area contributed by atoms with Crippen LogP contribution in [0.4, 0.5) is 0 Å². The molecule has 5 nitrogen and oxygen atoms in total. The number of aromatic amines is 1. The number of carbonyl (C=O) groups excluding carboxylic acids is 1. The molecule has 160 valence electrons. The number of likely N-dealkylation sites (tertiary alicyclic amines) is 1. The third-order valence-corrected chi connectivity index (χ3v) is 5.81. The van der Waals surface area contributed by atoms with Gasteiger partial charge in [-0.3, -0.25) is 14.5 Å². The van der Waals surface area contributed by atoms with Crippen LogP contribution in [0.15, 0.2) is 65.5 Å². The van der Waals surface area contributed by atoms with Gasteiger partial charge in [0, 0.05) is 18.8 Å². The van der Waals surface area contributed by atoms with Crippen LogP contribution in [0.3, 0.4) is 0 Å². The predicted octanol–water partition coefficient (Wildman–Crippen LogP) is 4.27. The van der Waals surface area contributed by atoms with Crippen molar-refractivity contribution in [2.24, 2.45) is 0 Å². The van der Waals surface area contributed by atoms with E-state index in [1.54, 1.807) is 12.1 Å². The molecule has 0 unspecified atom stereocenters. The second kappa shape index (κ2) is 9.75. The maximum atomic E-state index is 12.5. The lowest BCUT2D eigenvalue weighted by atomic mass is 10.1. The van der Waals surface area contributed by atoms with Crippen LogP contribution in [-0.2, 0) is 13.1 Å². The molecule has 0 atom stereocenters. The Kier molecular flexibility index (Phi) is 6.63. The summed E-state index contributed by atoms with van der Waals surface area (Å²) in [4.78, 5) is 30.3. The van der Waals surface area contributed by atoms with Crippen LogP contribution in [0.1, 0.15) is 46.3 Å². The fourth-order valence-electron chi connectivity index (χ4n) is 4.05. The first-order valence-electron chi connectivity index (χ1n) is 11.0. The minimum Gasteiger partial charge on any atom is -0.348 e. The largest absolute Gasteiger partial charge is 0.348 e. The molecule has 2 aromatic carbocycles. The number of pyridine rings is 1. The van der Waals surface area contributed by atoms with E-state index in [4.69, 9.17) is 0 Å². The van der Waals surface area contributed by atoms with Crippen molar-refractivity contribution in [3.05, 3.63) is 93.3 Å². The summed E-state index contributed by atoms with van der Waals surface area (Å²) >= 11 is 0. The van der Waals surface area contributed by atoms with E-state index >= 15 is 0 Å². The van der Waals surface area contributed by atoms with Gasteiger partial charge in [-0.15, -0.1) is 0 Å². The number of nitrogens with one attached hydrogen (secondary N) is 2. The van der Waals surface area contributed by atoms with Crippen molar-refractivity contribution < 1.29 is 4.79 Å². The molecule has 0 spiro atoms. The number of benzene rings is 2. The fraction of sp³-hybridized carbons (Fsp3) is 0.308. The van der Waals surface area contributed by atoms with Crippen LogP contribution in [-0.4, -0.2) is 28.9 Å². The number of aryl methyl sites for hydroxylation is 1. The molecular formula is C26H29N3O2. The normalized spacial score (nSPS) is 14.4. The second-order valence-corrected chi connectivity index (χ2v) is 8.32. The Morgan fingerprint density at radius 3 is 2.42 bits per heavy atom. The third-order valence-electron chi connectivity index (χ3n) is 5.81. The molecule has 0 saturated carbocycles. The van der Waals surface area contributed by atoms with Crippen LogP contribution < -0.4 is 10.9 Å². The number of rotatable bonds is 6. The van der Waals surface area contributed by atoms with Gasteiger partial charge in [0.1, 0.15) is 5.56 Å². The van der Waals surface area contributed by atoms with Gasteiger partial charge in [0.05, 0.1) is 0 Å². The Morgan fingerprint density at radius 2 is 1.71 bits per heavy atom. The predicted molar refractivity (Wildman–Crippen MR) is 124 cm³/mol. The van der Waals surface area contributed by atoms with Crippen molar-refractivity contribution in [2.45, 2.75) is 39.3 Å². The molecule has 4 rings (SSSR count). The van der Waals surface area contributed by atoms with Crippen LogP contribution in [0.5, 0.6) is 0 Å². The topological polar surface area (TPSA) is 65.2 Å². The van der Waals surface area contributed by atoms with E-state index < -0.39 is 0 Å². The first-order chi connectivity index (χ1) is 15.1. The molecule has 31 heavy (non-hydrogen) atoms. The summed E-state index contributed by atoms with van der Waals surface area (Å²) in [7, 11) is 0. The molecule has 1 aliphatic rings. The Balaban J connectivity index is 1.35. The lowest BCUT2D eigenvalue weighted by molar-refractivity contribution is 0.0949. The lowest BCUT2D eigenvalue weighted by Crippen LogP contribution is -2.29. The first-order valence-corrected chi connectivity index (χ1v) is 11.0. The number of H-pyrrole nitrogens is 1. The highest BCUT2D eigenvalue weighted by Gasteiger charge is 2.12. The van der Waals surface area contributed by atoms with Crippen LogP contribution in [0, 0.1) is 6.92 Å². The fourth-order valence-corrected chi connectivity index (χ4v) is 4.05. The molecule has 1 aliphatic heterocycles. The Bertz CT molecular complexity index is 1100. The van der Waals surface area contributed by atoms with Crippen molar-refractivity contribution in [1.82, 2.24) is 15.2 Å². The van der Waals surface area contributed by atoms with Crippen LogP contribution in [0.25, 0.3) is 11.3 Å². The molecule has 1 saturated heterocycles. The zero-order valence-electron chi connectivity index (χ0n) is 18.0. The molecule has 0 bridgehead atoms. The molecule has 0 radical (unpaired) electrons. The van der Waals surface area contributed by atoms with Gasteiger partial charge < -0.3 is 10.3 Å². The minimum absolute atomic E-state index is 0.123. The monoisotopic (exact) mass is 415 g/mol. The van der Waals surface area contributed by atoms with Crippen molar-refractivity contribution in [1.29, 1.82) is 0 Å². The van der Waals surface area contributed by atoms with Gasteiger partial charge in [0.25, 0.3) is 11.5 Å². The number of hydrogen-bond donors (Lipinski definition) is 2. The summed E-state index contributed by atoms with van der Waals surface area (Å²) in [5.74, 6) is -0.366. The zero-order valence-corrected chi connectivity index (χ0v) is 18.0. The van der Waals surface area contributed by atoms with Crippen molar-refractivity contribution in [3.8, 4) is 11.3 Å². The number of hydrogen-bond acceptors (Lipinski definition) is 3. The summed E-state index contributed by atoms with van der Waals surface area (Å²) < 4.78 is 0. The van der Waals surface area contributed by atoms with Gasteiger partial charge in [-0.2, -0.15) is 0 Å². The van der Waals surface area contributed by atoms with E-state index in [0.29, 0.717) is 12.2 Å². The average molecular weight is 416 g/mol. The van der Waals surface area contributed by atoms with Gasteiger partial charge in [-0.25, -0.2) is 0 Å². The van der Waals surface area contributed by atoms with E-state index in [2.05, 4.69) is 27.3 Å². The van der Waals surface area contributed by atoms with E-state index in [0.717, 1.165) is 23.2 Å². The van der Waals surface area contributed by atoms with E-state index in [9.17, 15) is 9.59 Å². The van der Waals surface area contributed by atoms with E-state index in [-0.39, 0.29) is 17.0 Å². The number of carbonyl (C=O) groups is 1. The quantitative estimate of drug-likeness (QED) is 0.632. The molecule has 5 heteroatoms. The lowest BCUT2D eigenvalue weighted by Gasteiger charge is -2.26. The molecule has 0 aliphatic carbocycles. The minimum atomic E-state index is -0.381. The summed E-state index contributed by atoms with van der Waals surface area (Å²) in [5.41, 5.74) is 4.79. The van der Waals surface area contributed by atoms with Gasteiger partial charge >= 0.3 is 0 Å². The maximum Gasteiger partial charge on any atom is 0.261 e. The molecule has 2 N–H and O–H groups in total. The average Bonchev–Trinajstić information content (AvgIpc) is 2.79. The number of piperidine rings is 1. The van der Waals surface area contributed by atoms with Gasteiger partial charge in [0.15, 0.2) is 0 Å². The zero-order chi connectivity index (χ0) is 21.6. The Labute approximate surface area is 183 Å². The standard InChI is InChI=1S/C26H29N3O2/c1-19-6-5-7-22(16-19)24-13-12-23(26(31)28-24)25(30)27-17-20-8-10-21(11-9-20)18-29-14-3-2-4-15-29/h5-13,16H,2-4,14-15,17-18H2,1H3,(H,27,30)(H,28,31). The third kappa shape index (κ3) is 5.50. The summed E-state index contributed by atoms with van der Waals surface area (Å²) in [5, 5.41) is 2.86. The Hall–Kier alpha value is -3.18. The molecular weight excluding hydrogens is 386 g/mol. The number of amides is 1. The molecule has 1 aromatic heterocycles. The smallest absolute Gasteiger partial charge is 0.261 e. The van der Waals surface area contributed by atoms with Crippen molar-refractivity contribution in [2.75, 3.05) is 13.1 Å². The highest BCUT2D eigenvalue weighted by Crippen LogP contribution is 2.17. The SMILES string of the molecule is Cc1cccc(-c2ccc(C(=O)NCc3ccc(CN4CCCCC4)cc3)c(=O)[nH]2)c1. The van der Waals surface area contributed by atoms with Gasteiger partial charge in [0.2, 0.25) is 0 Å². The van der Waals surface area contributed by atoms with Crippen molar-refractivity contribution >= 4 is 5.91 Å². The highest BCUT2D eigenvalue weighted by atomic mass is 16.2. The number of aromatic nitrogens is 1. The summed E-state index contributed by atoms with van der Waals surface area (Å²) in [6, 6.07) is 19.6. The first kappa shape index (κ1) is 21.1. The van der Waals surface area contributed by atoms with E-state index in [1.165, 1.54) is 37.9 Å². The number of nitrogens with zero attached hydrogens (tertiary/aromatic N) is 1. The van der Waals surface area contributed by atoms with Gasteiger partial charge in [-0.05, 0) is 67.7 Å². The Morgan fingerprint density at radius 1 is 0.968 bits per heavy atom. The molecule has 2 heterocycles. The van der Waals surface area contributed by atoms with Crippen LogP contribution >= 0.6 is 0 Å². The summed E-state index contributed by atoms with van der Waals surface area (Å²) in [6.45, 7) is 5.73. The highest BCUT2D eigenvalue weighted by molar-refractivity contribution is 5.94.